The lowest BCUT2D eigenvalue weighted by Gasteiger charge is -2.28. The first-order chi connectivity index (χ1) is 8.99. The van der Waals surface area contributed by atoms with E-state index in [4.69, 9.17) is 5.11 Å². The summed E-state index contributed by atoms with van der Waals surface area (Å²) in [5, 5.41) is 19.3. The van der Waals surface area contributed by atoms with E-state index in [2.05, 4.69) is 0 Å². The zero-order valence-corrected chi connectivity index (χ0v) is 9.98. The smallest absolute Gasteiger partial charge is 0.407 e. The number of piperidine rings is 1. The first-order valence-electron chi connectivity index (χ1n) is 5.74. The van der Waals surface area contributed by atoms with Crippen molar-refractivity contribution in [2.24, 2.45) is 0 Å². The van der Waals surface area contributed by atoms with Crippen LogP contribution < -0.4 is 0 Å². The number of Topliss-reactive ketones (excluding diaryl/α,β-unsaturated/α-hetero) is 1. The molecule has 0 aliphatic carbocycles. The number of ketones is 1. The molecule has 1 aromatic carbocycles. The van der Waals surface area contributed by atoms with Gasteiger partial charge in [0.25, 0.3) is 5.69 Å². The van der Waals surface area contributed by atoms with Crippen LogP contribution in [-0.2, 0) is 4.79 Å². The van der Waals surface area contributed by atoms with Crippen molar-refractivity contribution >= 4 is 17.6 Å². The van der Waals surface area contributed by atoms with Crippen LogP contribution in [0.4, 0.5) is 10.5 Å². The molecular weight excluding hydrogens is 252 g/mol. The van der Waals surface area contributed by atoms with E-state index >= 15 is 0 Å². The highest BCUT2D eigenvalue weighted by Crippen LogP contribution is 2.26. The molecule has 0 radical (unpaired) electrons. The second-order valence-corrected chi connectivity index (χ2v) is 4.36. The Balaban J connectivity index is 2.13. The molecule has 1 aromatic rings. The van der Waals surface area contributed by atoms with Crippen LogP contribution in [0.1, 0.15) is 17.9 Å². The minimum atomic E-state index is -1.10. The van der Waals surface area contributed by atoms with Gasteiger partial charge >= 0.3 is 6.09 Å². The summed E-state index contributed by atoms with van der Waals surface area (Å²) in [6.07, 6.45) is -0.696. The lowest BCUT2D eigenvalue weighted by molar-refractivity contribution is -0.384. The normalized spacial score (nSPS) is 19.3. The van der Waals surface area contributed by atoms with Crippen LogP contribution in [0.25, 0.3) is 0 Å². The summed E-state index contributed by atoms with van der Waals surface area (Å²) in [6, 6.07) is 5.81. The highest BCUT2D eigenvalue weighted by Gasteiger charge is 2.30. The molecule has 0 spiro atoms. The van der Waals surface area contributed by atoms with Gasteiger partial charge in [0.05, 0.1) is 11.5 Å². The molecule has 1 aliphatic rings. The molecule has 7 nitrogen and oxygen atoms in total. The monoisotopic (exact) mass is 264 g/mol. The van der Waals surface area contributed by atoms with E-state index in [0.29, 0.717) is 18.5 Å². The minimum Gasteiger partial charge on any atom is -0.465 e. The van der Waals surface area contributed by atoms with Crippen molar-refractivity contribution in [2.75, 3.05) is 13.1 Å². The lowest BCUT2D eigenvalue weighted by atomic mass is 9.88. The minimum absolute atomic E-state index is 0.0285. The maximum absolute atomic E-state index is 11.9. The van der Waals surface area contributed by atoms with E-state index in [1.165, 1.54) is 12.1 Å². The number of nitro benzene ring substituents is 1. The third-order valence-electron chi connectivity index (χ3n) is 3.20. The van der Waals surface area contributed by atoms with E-state index in [1.807, 2.05) is 0 Å². The molecule has 1 aliphatic heterocycles. The Hall–Kier alpha value is -2.44. The summed E-state index contributed by atoms with van der Waals surface area (Å²) in [5.41, 5.74) is 0.666. The second-order valence-electron chi connectivity index (χ2n) is 4.36. The number of nitrogens with zero attached hydrogens (tertiary/aromatic N) is 2. The highest BCUT2D eigenvalue weighted by atomic mass is 16.6. The molecule has 0 aromatic heterocycles. The Morgan fingerprint density at radius 2 is 2.00 bits per heavy atom. The summed E-state index contributed by atoms with van der Waals surface area (Å²) in [7, 11) is 0. The maximum Gasteiger partial charge on any atom is 0.407 e. The number of carbonyl (C=O) groups excluding carboxylic acids is 1. The fourth-order valence-electron chi connectivity index (χ4n) is 2.17. The molecule has 7 heteroatoms. The predicted molar refractivity (Wildman–Crippen MR) is 65.1 cm³/mol. The van der Waals surface area contributed by atoms with Crippen LogP contribution in [0.2, 0.25) is 0 Å². The largest absolute Gasteiger partial charge is 0.465 e. The molecule has 2 rings (SSSR count). The van der Waals surface area contributed by atoms with Crippen molar-refractivity contribution in [3.63, 3.8) is 0 Å². The average molecular weight is 264 g/mol. The van der Waals surface area contributed by atoms with Crippen molar-refractivity contribution in [2.45, 2.75) is 12.3 Å². The number of carboxylic acid groups (broad SMARTS) is 1. The van der Waals surface area contributed by atoms with Gasteiger partial charge in [-0.3, -0.25) is 14.9 Å². The number of benzene rings is 1. The predicted octanol–water partition coefficient (Wildman–Crippen LogP) is 1.63. The Morgan fingerprint density at radius 3 is 2.47 bits per heavy atom. The first kappa shape index (κ1) is 13.0. The van der Waals surface area contributed by atoms with E-state index < -0.39 is 11.0 Å². The number of hydrogen-bond acceptors (Lipinski definition) is 4. The maximum atomic E-state index is 11.9. The first-order valence-corrected chi connectivity index (χ1v) is 5.74. The van der Waals surface area contributed by atoms with Gasteiger partial charge in [0, 0.05) is 24.6 Å². The Labute approximate surface area is 108 Å². The summed E-state index contributed by atoms with van der Waals surface area (Å²) in [6.45, 7) is 0.166. The number of hydrogen-bond donors (Lipinski definition) is 1. The fraction of sp³-hybridized carbons (Fsp3) is 0.333. The van der Waals surface area contributed by atoms with Crippen LogP contribution in [-0.4, -0.2) is 39.9 Å². The summed E-state index contributed by atoms with van der Waals surface area (Å²) >= 11 is 0. The van der Waals surface area contributed by atoms with Gasteiger partial charge < -0.3 is 10.0 Å². The molecule has 19 heavy (non-hydrogen) atoms. The molecule has 1 fully saturated rings. The van der Waals surface area contributed by atoms with Crippen molar-refractivity contribution in [3.05, 3.63) is 39.9 Å². The third kappa shape index (κ3) is 2.70. The number of rotatable bonds is 2. The molecule has 0 saturated carbocycles. The molecule has 1 saturated heterocycles. The third-order valence-corrected chi connectivity index (χ3v) is 3.20. The highest BCUT2D eigenvalue weighted by molar-refractivity contribution is 5.90. The van der Waals surface area contributed by atoms with Gasteiger partial charge in [0.1, 0.15) is 0 Å². The van der Waals surface area contributed by atoms with E-state index in [0.717, 1.165) is 4.90 Å². The van der Waals surface area contributed by atoms with Crippen LogP contribution in [0.5, 0.6) is 0 Å². The van der Waals surface area contributed by atoms with Crippen LogP contribution >= 0.6 is 0 Å². The fourth-order valence-corrected chi connectivity index (χ4v) is 2.17. The van der Waals surface area contributed by atoms with E-state index in [1.54, 1.807) is 12.1 Å². The van der Waals surface area contributed by atoms with Gasteiger partial charge in [0.15, 0.2) is 5.78 Å². The van der Waals surface area contributed by atoms with E-state index in [9.17, 15) is 19.7 Å². The van der Waals surface area contributed by atoms with Crippen LogP contribution in [0.15, 0.2) is 24.3 Å². The summed E-state index contributed by atoms with van der Waals surface area (Å²) in [4.78, 5) is 33.8. The number of amides is 1. The number of nitro groups is 1. The Kier molecular flexibility index (Phi) is 3.46. The van der Waals surface area contributed by atoms with Gasteiger partial charge in [-0.1, -0.05) is 12.1 Å². The quantitative estimate of drug-likeness (QED) is 0.646. The molecule has 0 bridgehead atoms. The second kappa shape index (κ2) is 5.05. The van der Waals surface area contributed by atoms with E-state index in [-0.39, 0.29) is 23.9 Å². The summed E-state index contributed by atoms with van der Waals surface area (Å²) < 4.78 is 0. The molecule has 1 atom stereocenters. The van der Waals surface area contributed by atoms with Crippen molar-refractivity contribution in [1.82, 2.24) is 4.90 Å². The SMILES string of the molecule is O=C1CN(C(=O)O)CCC1c1ccc([N+](=O)[O-])cc1. The number of non-ortho nitro benzene ring substituents is 1. The molecule has 1 unspecified atom stereocenters. The molecular formula is C12H12N2O5. The average Bonchev–Trinajstić information content (AvgIpc) is 2.38. The molecule has 100 valence electrons. The topological polar surface area (TPSA) is 101 Å². The molecule has 1 amide bonds. The van der Waals surface area contributed by atoms with Gasteiger partial charge in [-0.05, 0) is 12.0 Å². The zero-order chi connectivity index (χ0) is 14.0. The molecule has 1 heterocycles. The standard InChI is InChI=1S/C12H12N2O5/c15-11-7-13(12(16)17)6-5-10(11)8-1-3-9(4-2-8)14(18)19/h1-4,10H,5-7H2,(H,16,17). The number of likely N-dealkylation sites (tertiary alicyclic amines) is 1. The van der Waals surface area contributed by atoms with Crippen molar-refractivity contribution < 1.29 is 19.6 Å². The number of carbonyl (C=O) groups is 2. The Morgan fingerprint density at radius 1 is 1.37 bits per heavy atom. The summed E-state index contributed by atoms with van der Waals surface area (Å²) in [5.74, 6) is -0.557. The van der Waals surface area contributed by atoms with Crippen LogP contribution in [0, 0.1) is 10.1 Å². The zero-order valence-electron chi connectivity index (χ0n) is 9.98. The van der Waals surface area contributed by atoms with Crippen molar-refractivity contribution in [3.8, 4) is 0 Å². The van der Waals surface area contributed by atoms with Crippen molar-refractivity contribution in [1.29, 1.82) is 0 Å². The van der Waals surface area contributed by atoms with Crippen LogP contribution in [0.3, 0.4) is 0 Å². The van der Waals surface area contributed by atoms with Gasteiger partial charge in [0.2, 0.25) is 0 Å². The molecule has 1 N–H and O–H groups in total. The Bertz CT molecular complexity index is 525. The van der Waals surface area contributed by atoms with Gasteiger partial charge in [-0.25, -0.2) is 4.79 Å². The van der Waals surface area contributed by atoms with Gasteiger partial charge in [-0.15, -0.1) is 0 Å². The van der Waals surface area contributed by atoms with Gasteiger partial charge in [-0.2, -0.15) is 0 Å². The lowest BCUT2D eigenvalue weighted by Crippen LogP contribution is -2.42.